The van der Waals surface area contributed by atoms with E-state index in [0.717, 1.165) is 5.56 Å². The minimum Gasteiger partial charge on any atom is -0.348 e. The van der Waals surface area contributed by atoms with Gasteiger partial charge in [0.05, 0.1) is 6.42 Å². The van der Waals surface area contributed by atoms with Crippen LogP contribution < -0.4 is 0 Å². The lowest BCUT2D eigenvalue weighted by Gasteiger charge is -2.17. The van der Waals surface area contributed by atoms with E-state index in [1.165, 1.54) is 11.1 Å². The smallest absolute Gasteiger partial charge is 0.230 e. The van der Waals surface area contributed by atoms with E-state index in [4.69, 9.17) is 0 Å². The summed E-state index contributed by atoms with van der Waals surface area (Å²) in [6.45, 7) is 0.601. The van der Waals surface area contributed by atoms with Gasteiger partial charge < -0.3 is 9.88 Å². The highest BCUT2D eigenvalue weighted by molar-refractivity contribution is 7.08. The van der Waals surface area contributed by atoms with E-state index in [2.05, 4.69) is 51.1 Å². The van der Waals surface area contributed by atoms with E-state index in [1.54, 1.807) is 28.6 Å². The summed E-state index contributed by atoms with van der Waals surface area (Å²) in [5, 5.41) is 4.21. The Bertz CT molecular complexity index is 718. The molecule has 22 heavy (non-hydrogen) atoms. The summed E-state index contributed by atoms with van der Waals surface area (Å²) in [5.41, 5.74) is 3.56. The molecule has 0 saturated carbocycles. The van der Waals surface area contributed by atoms with Crippen molar-refractivity contribution in [2.75, 3.05) is 7.05 Å². The first-order chi connectivity index (χ1) is 10.7. The number of nitrogens with zero attached hydrogens (tertiary/aromatic N) is 2. The number of amides is 1. The Labute approximate surface area is 133 Å². The van der Waals surface area contributed by atoms with E-state index in [-0.39, 0.29) is 5.91 Å². The number of carbonyl (C=O) groups is 1. The van der Waals surface area contributed by atoms with E-state index in [9.17, 15) is 4.79 Å². The summed E-state index contributed by atoms with van der Waals surface area (Å²) in [5.74, 6) is 0.751. The number of hydrogen-bond acceptors (Lipinski definition) is 3. The SMILES string of the molecule is CN(Cc1ccc(-c2ccsc2)cc1)C(=O)Cc1ncc[nH]1. The van der Waals surface area contributed by atoms with Crippen LogP contribution in [0.3, 0.4) is 0 Å². The maximum Gasteiger partial charge on any atom is 0.230 e. The van der Waals surface area contributed by atoms with Gasteiger partial charge in [0.15, 0.2) is 0 Å². The van der Waals surface area contributed by atoms with Gasteiger partial charge in [0.25, 0.3) is 0 Å². The molecule has 3 rings (SSSR count). The van der Waals surface area contributed by atoms with Crippen molar-refractivity contribution in [1.29, 1.82) is 0 Å². The van der Waals surface area contributed by atoms with Crippen molar-refractivity contribution in [2.24, 2.45) is 0 Å². The zero-order valence-electron chi connectivity index (χ0n) is 12.3. The van der Waals surface area contributed by atoms with Gasteiger partial charge in [-0.1, -0.05) is 24.3 Å². The second kappa shape index (κ2) is 6.58. The summed E-state index contributed by atoms with van der Waals surface area (Å²) in [6, 6.07) is 10.5. The number of benzene rings is 1. The first-order valence-electron chi connectivity index (χ1n) is 7.06. The number of H-pyrrole nitrogens is 1. The largest absolute Gasteiger partial charge is 0.348 e. The number of carbonyl (C=O) groups excluding carboxylic acids is 1. The lowest BCUT2D eigenvalue weighted by molar-refractivity contribution is -0.129. The molecule has 1 amide bonds. The maximum absolute atomic E-state index is 12.1. The molecule has 0 aliphatic carbocycles. The topological polar surface area (TPSA) is 49.0 Å². The number of thiophene rings is 1. The van der Waals surface area contributed by atoms with Crippen molar-refractivity contribution in [3.05, 3.63) is 64.9 Å². The molecular formula is C17H17N3OS. The third-order valence-electron chi connectivity index (χ3n) is 3.53. The predicted molar refractivity (Wildman–Crippen MR) is 88.5 cm³/mol. The highest BCUT2D eigenvalue weighted by Crippen LogP contribution is 2.22. The molecule has 112 valence electrons. The number of imidazole rings is 1. The van der Waals surface area contributed by atoms with Gasteiger partial charge in [-0.2, -0.15) is 11.3 Å². The fourth-order valence-corrected chi connectivity index (χ4v) is 2.93. The number of nitrogens with one attached hydrogen (secondary N) is 1. The van der Waals surface area contributed by atoms with Crippen molar-refractivity contribution < 1.29 is 4.79 Å². The first-order valence-corrected chi connectivity index (χ1v) is 8.00. The van der Waals surface area contributed by atoms with Gasteiger partial charge in [0, 0.05) is 26.0 Å². The number of rotatable bonds is 5. The van der Waals surface area contributed by atoms with E-state index in [1.807, 2.05) is 7.05 Å². The summed E-state index contributed by atoms with van der Waals surface area (Å²) in [7, 11) is 1.82. The summed E-state index contributed by atoms with van der Waals surface area (Å²) in [4.78, 5) is 20.9. The predicted octanol–water partition coefficient (Wildman–Crippen LogP) is 3.34. The Morgan fingerprint density at radius 3 is 2.68 bits per heavy atom. The van der Waals surface area contributed by atoms with Gasteiger partial charge in [-0.05, 0) is 33.5 Å². The fraction of sp³-hybridized carbons (Fsp3) is 0.176. The summed E-state index contributed by atoms with van der Waals surface area (Å²) < 4.78 is 0. The molecule has 5 heteroatoms. The van der Waals surface area contributed by atoms with Crippen molar-refractivity contribution in [2.45, 2.75) is 13.0 Å². The van der Waals surface area contributed by atoms with Gasteiger partial charge in [0.2, 0.25) is 5.91 Å². The van der Waals surface area contributed by atoms with Gasteiger partial charge in [0.1, 0.15) is 5.82 Å². The molecule has 0 unspecified atom stereocenters. The highest BCUT2D eigenvalue weighted by Gasteiger charge is 2.11. The van der Waals surface area contributed by atoms with Crippen LogP contribution in [0.4, 0.5) is 0 Å². The second-order valence-corrected chi connectivity index (χ2v) is 5.95. The van der Waals surface area contributed by atoms with Crippen molar-refractivity contribution >= 4 is 17.2 Å². The molecule has 0 saturated heterocycles. The molecule has 0 bridgehead atoms. The Morgan fingerprint density at radius 2 is 2.05 bits per heavy atom. The molecule has 2 heterocycles. The lowest BCUT2D eigenvalue weighted by Crippen LogP contribution is -2.28. The Kier molecular flexibility index (Phi) is 4.34. The second-order valence-electron chi connectivity index (χ2n) is 5.17. The zero-order valence-corrected chi connectivity index (χ0v) is 13.1. The third-order valence-corrected chi connectivity index (χ3v) is 4.21. The van der Waals surface area contributed by atoms with Crippen LogP contribution in [0, 0.1) is 0 Å². The first kappa shape index (κ1) is 14.5. The standard InChI is InChI=1S/C17H17N3OS/c1-20(17(21)10-16-18-7-8-19-16)11-13-2-4-14(5-3-13)15-6-9-22-12-15/h2-9,12H,10-11H2,1H3,(H,18,19). The average Bonchev–Trinajstić information content (AvgIpc) is 3.21. The third kappa shape index (κ3) is 3.43. The number of aromatic nitrogens is 2. The maximum atomic E-state index is 12.1. The van der Waals surface area contributed by atoms with Crippen LogP contribution in [0.15, 0.2) is 53.5 Å². The van der Waals surface area contributed by atoms with Crippen molar-refractivity contribution in [3.8, 4) is 11.1 Å². The Morgan fingerprint density at radius 1 is 1.23 bits per heavy atom. The molecule has 0 atom stereocenters. The fourth-order valence-electron chi connectivity index (χ4n) is 2.27. The Balaban J connectivity index is 1.61. The summed E-state index contributed by atoms with van der Waals surface area (Å²) >= 11 is 1.69. The monoisotopic (exact) mass is 311 g/mol. The molecule has 0 fully saturated rings. The Hall–Kier alpha value is -2.40. The van der Waals surface area contributed by atoms with E-state index in [0.29, 0.717) is 18.8 Å². The number of aromatic amines is 1. The van der Waals surface area contributed by atoms with Crippen LogP contribution in [0.25, 0.3) is 11.1 Å². The molecule has 3 aromatic rings. The summed E-state index contributed by atoms with van der Waals surface area (Å²) in [6.07, 6.45) is 3.69. The number of hydrogen-bond donors (Lipinski definition) is 1. The molecule has 0 aliphatic rings. The molecular weight excluding hydrogens is 294 g/mol. The van der Waals surface area contributed by atoms with Gasteiger partial charge in [-0.25, -0.2) is 4.98 Å². The molecule has 0 radical (unpaired) electrons. The van der Waals surface area contributed by atoms with Crippen molar-refractivity contribution in [1.82, 2.24) is 14.9 Å². The molecule has 0 aliphatic heterocycles. The van der Waals surface area contributed by atoms with Crippen molar-refractivity contribution in [3.63, 3.8) is 0 Å². The van der Waals surface area contributed by atoms with Crippen LogP contribution in [-0.2, 0) is 17.8 Å². The number of likely N-dealkylation sites (N-methyl/N-ethyl adjacent to an activating group) is 1. The van der Waals surface area contributed by atoms with E-state index < -0.39 is 0 Å². The van der Waals surface area contributed by atoms with Crippen LogP contribution >= 0.6 is 11.3 Å². The molecule has 1 aromatic carbocycles. The minimum atomic E-state index is 0.0526. The molecule has 2 aromatic heterocycles. The van der Waals surface area contributed by atoms with Crippen LogP contribution in [-0.4, -0.2) is 27.8 Å². The molecule has 4 nitrogen and oxygen atoms in total. The zero-order chi connectivity index (χ0) is 15.4. The van der Waals surface area contributed by atoms with E-state index >= 15 is 0 Å². The normalized spacial score (nSPS) is 10.6. The van der Waals surface area contributed by atoms with Crippen LogP contribution in [0.1, 0.15) is 11.4 Å². The lowest BCUT2D eigenvalue weighted by atomic mass is 10.1. The molecule has 1 N–H and O–H groups in total. The van der Waals surface area contributed by atoms with Gasteiger partial charge >= 0.3 is 0 Å². The van der Waals surface area contributed by atoms with Crippen LogP contribution in [0.2, 0.25) is 0 Å². The van der Waals surface area contributed by atoms with Crippen LogP contribution in [0.5, 0.6) is 0 Å². The quantitative estimate of drug-likeness (QED) is 0.785. The molecule has 0 spiro atoms. The van der Waals surface area contributed by atoms with Gasteiger partial charge in [-0.15, -0.1) is 0 Å². The minimum absolute atomic E-state index is 0.0526. The highest BCUT2D eigenvalue weighted by atomic mass is 32.1. The average molecular weight is 311 g/mol. The van der Waals surface area contributed by atoms with Gasteiger partial charge in [-0.3, -0.25) is 4.79 Å².